The largest absolute Gasteiger partial charge is 0.479 e. The predicted octanol–water partition coefficient (Wildman–Crippen LogP) is 10.7. The molecule has 2 unspecified atom stereocenters. The van der Waals surface area contributed by atoms with Crippen molar-refractivity contribution < 1.29 is 33.8 Å². The number of fused-ring (bicyclic) bond motifs is 2. The van der Waals surface area contributed by atoms with Gasteiger partial charge >= 0.3 is 18.2 Å². The monoisotopic (exact) mass is 1030 g/mol. The minimum Gasteiger partial charge on any atom is -0.479 e. The maximum Gasteiger partial charge on any atom is 0.408 e. The van der Waals surface area contributed by atoms with Gasteiger partial charge in [-0.1, -0.05) is 67.1 Å². The third kappa shape index (κ3) is 14.6. The second-order valence-electron chi connectivity index (χ2n) is 21.7. The molecule has 4 N–H and O–H groups in total. The number of likely N-dealkylation sites (tertiary alicyclic amines) is 1. The lowest BCUT2D eigenvalue weighted by Crippen LogP contribution is -2.47. The molecule has 2 aliphatic carbocycles. The third-order valence-electron chi connectivity index (χ3n) is 13.2. The Balaban J connectivity index is 0.000000177. The van der Waals surface area contributed by atoms with Crippen molar-refractivity contribution in [3.05, 3.63) is 130 Å². The molecule has 0 spiro atoms. The first kappa shape index (κ1) is 55.2. The van der Waals surface area contributed by atoms with Gasteiger partial charge in [0.15, 0.2) is 17.3 Å². The zero-order valence-corrected chi connectivity index (χ0v) is 44.8. The molecular formula is C56H73ClN10O7. The number of hydrogen-bond acceptors (Lipinski definition) is 11. The number of carboxylic acid groups (broad SMARTS) is 1. The van der Waals surface area contributed by atoms with Crippen LogP contribution in [0.15, 0.2) is 84.9 Å². The number of halogens is 1. The summed E-state index contributed by atoms with van der Waals surface area (Å²) in [4.78, 5) is 60.9. The van der Waals surface area contributed by atoms with Crippen LogP contribution in [0, 0.1) is 13.8 Å². The lowest BCUT2D eigenvalue weighted by atomic mass is 9.96. The number of nitrogens with one attached hydrogen (secondary N) is 3. The fraction of sp³-hybridized carbons (Fsp3) is 0.500. The van der Waals surface area contributed by atoms with E-state index in [1.165, 1.54) is 56.3 Å². The summed E-state index contributed by atoms with van der Waals surface area (Å²) in [6.45, 7) is 16.5. The van der Waals surface area contributed by atoms with E-state index in [1.807, 2.05) is 50.3 Å². The third-order valence-corrected chi connectivity index (χ3v) is 13.2. The quantitative estimate of drug-likeness (QED) is 0.101. The molecule has 74 heavy (non-hydrogen) atoms. The van der Waals surface area contributed by atoms with Gasteiger partial charge in [0.1, 0.15) is 17.2 Å². The van der Waals surface area contributed by atoms with E-state index in [0.717, 1.165) is 65.4 Å². The predicted molar refractivity (Wildman–Crippen MR) is 284 cm³/mol. The lowest BCUT2D eigenvalue weighted by molar-refractivity contribution is -0.140. The minimum absolute atomic E-state index is 0. The zero-order chi connectivity index (χ0) is 52.0. The SMILES string of the molecule is CC(C)(C)OC(=O)NC(C(=O)O)c1ccccc1.Cc1cc(C2CC2)nc2cc([C@@H]3CCCCN3)nn12.Cc1cc(C2CC2)nc2cc([C@@H]3CCCCN3C(=O)C(NC(=O)OC(C)(C)C)c3ccccc3)nn12.Cl. The molecule has 10 rings (SSSR count). The summed E-state index contributed by atoms with van der Waals surface area (Å²) < 4.78 is 14.4. The number of carbonyl (C=O) groups excluding carboxylic acids is 3. The van der Waals surface area contributed by atoms with E-state index in [0.29, 0.717) is 30.0 Å². The average Bonchev–Trinajstić information content (AvgIpc) is 4.30. The molecule has 2 aliphatic heterocycles. The van der Waals surface area contributed by atoms with Crippen molar-refractivity contribution in [3.8, 4) is 0 Å². The number of amides is 3. The number of aliphatic carboxylic acids is 1. The summed E-state index contributed by atoms with van der Waals surface area (Å²) >= 11 is 0. The molecule has 396 valence electrons. The molecule has 4 atom stereocenters. The normalized spacial score (nSPS) is 18.6. The average molecular weight is 1030 g/mol. The van der Waals surface area contributed by atoms with Crippen LogP contribution in [0.3, 0.4) is 0 Å². The highest BCUT2D eigenvalue weighted by atomic mass is 35.5. The first-order valence-corrected chi connectivity index (χ1v) is 25.9. The molecule has 2 saturated carbocycles. The Labute approximate surface area is 440 Å². The standard InChI is InChI=1S/C28H35N5O3.C15H20N4.C13H17NO4.ClH/c1-18-16-21(19-13-14-19)29-24-17-22(31-33(18)24)23-12-8-9-15-32(23)26(34)25(20-10-6-5-7-11-20)30-27(35)36-28(2,3)4;1-10-8-13(11-5-6-11)17-15-9-14(18-19(10)15)12-4-2-3-7-16-12;1-13(2,3)18-12(17)14-10(11(15)16)9-7-5-4-6-8-9;/h5-7,10-11,16-17,19,23,25H,8-9,12-15H2,1-4H3,(H,30,35);8-9,11-12,16H,2-7H2,1H3;4-8,10H,1-3H3,(H,14,17)(H,15,16);1H/t23-,25?;12-;;/m00../s1. The van der Waals surface area contributed by atoms with Crippen molar-refractivity contribution in [3.63, 3.8) is 0 Å². The summed E-state index contributed by atoms with van der Waals surface area (Å²) in [6.07, 6.45) is 10.1. The molecule has 6 aromatic rings. The van der Waals surface area contributed by atoms with Crippen molar-refractivity contribution >= 4 is 47.8 Å². The van der Waals surface area contributed by atoms with Crippen LogP contribution in [0.4, 0.5) is 9.59 Å². The Morgan fingerprint density at radius 3 is 1.57 bits per heavy atom. The number of carboxylic acids is 1. The van der Waals surface area contributed by atoms with Crippen molar-refractivity contribution in [1.82, 2.24) is 50.0 Å². The van der Waals surface area contributed by atoms with Crippen LogP contribution in [-0.2, 0) is 19.1 Å². The first-order valence-electron chi connectivity index (χ1n) is 25.9. The molecular weight excluding hydrogens is 960 g/mol. The molecule has 0 bridgehead atoms. The fourth-order valence-electron chi connectivity index (χ4n) is 9.34. The molecule has 2 aromatic carbocycles. The number of piperidine rings is 2. The maximum absolute atomic E-state index is 14.0. The Morgan fingerprint density at radius 1 is 0.622 bits per heavy atom. The number of aromatic nitrogens is 6. The summed E-state index contributed by atoms with van der Waals surface area (Å²) in [5.41, 5.74) is 8.38. The van der Waals surface area contributed by atoms with Gasteiger partial charge in [-0.15, -0.1) is 12.4 Å². The van der Waals surface area contributed by atoms with Crippen molar-refractivity contribution in [2.75, 3.05) is 13.1 Å². The van der Waals surface area contributed by atoms with Gasteiger partial charge in [0.25, 0.3) is 0 Å². The number of ether oxygens (including phenoxy) is 2. The molecule has 4 aliphatic rings. The van der Waals surface area contributed by atoms with Crippen molar-refractivity contribution in [2.24, 2.45) is 0 Å². The first-order chi connectivity index (χ1) is 34.8. The van der Waals surface area contributed by atoms with E-state index in [1.54, 1.807) is 71.9 Å². The highest BCUT2D eigenvalue weighted by Gasteiger charge is 2.37. The van der Waals surface area contributed by atoms with E-state index < -0.39 is 41.4 Å². The van der Waals surface area contributed by atoms with E-state index in [2.05, 4.69) is 48.0 Å². The Hall–Kier alpha value is -6.59. The fourth-order valence-corrected chi connectivity index (χ4v) is 9.34. The molecule has 4 aromatic heterocycles. The van der Waals surface area contributed by atoms with E-state index in [9.17, 15) is 19.2 Å². The van der Waals surface area contributed by atoms with Gasteiger partial charge in [-0.25, -0.2) is 33.4 Å². The summed E-state index contributed by atoms with van der Waals surface area (Å²) in [5, 5.41) is 27.5. The second kappa shape index (κ2) is 23.7. The Morgan fingerprint density at radius 2 is 1.09 bits per heavy atom. The number of carbonyl (C=O) groups is 4. The highest BCUT2D eigenvalue weighted by Crippen LogP contribution is 2.41. The number of alkyl carbamates (subject to hydrolysis) is 2. The summed E-state index contributed by atoms with van der Waals surface area (Å²) in [7, 11) is 0. The molecule has 0 radical (unpaired) electrons. The van der Waals surface area contributed by atoms with Crippen LogP contribution >= 0.6 is 12.4 Å². The van der Waals surface area contributed by atoms with E-state index >= 15 is 0 Å². The van der Waals surface area contributed by atoms with Crippen LogP contribution in [0.1, 0.15) is 187 Å². The van der Waals surface area contributed by atoms with Gasteiger partial charge in [0.05, 0.1) is 23.5 Å². The summed E-state index contributed by atoms with van der Waals surface area (Å²) in [6, 6.07) is 24.6. The topological polar surface area (TPSA) is 207 Å². The molecule has 4 fully saturated rings. The van der Waals surface area contributed by atoms with E-state index in [-0.39, 0.29) is 24.4 Å². The molecule has 17 nitrogen and oxygen atoms in total. The molecule has 3 amide bonds. The van der Waals surface area contributed by atoms with Crippen LogP contribution in [-0.4, -0.2) is 87.6 Å². The van der Waals surface area contributed by atoms with Crippen LogP contribution in [0.5, 0.6) is 0 Å². The molecule has 6 heterocycles. The Bertz CT molecular complexity index is 2880. The van der Waals surface area contributed by atoms with Crippen LogP contribution < -0.4 is 16.0 Å². The van der Waals surface area contributed by atoms with Crippen LogP contribution in [0.25, 0.3) is 11.3 Å². The minimum atomic E-state index is -1.13. The lowest BCUT2D eigenvalue weighted by Gasteiger charge is -2.37. The number of rotatable bonds is 10. The molecule has 18 heteroatoms. The van der Waals surface area contributed by atoms with Gasteiger partial charge in [-0.3, -0.25) is 4.79 Å². The zero-order valence-electron chi connectivity index (χ0n) is 44.0. The summed E-state index contributed by atoms with van der Waals surface area (Å²) in [5.74, 6) is -0.0237. The van der Waals surface area contributed by atoms with Gasteiger partial charge in [0.2, 0.25) is 5.91 Å². The number of nitrogens with zero attached hydrogens (tertiary/aromatic N) is 7. The van der Waals surface area contributed by atoms with Gasteiger partial charge in [0, 0.05) is 53.3 Å². The van der Waals surface area contributed by atoms with Gasteiger partial charge in [-0.2, -0.15) is 10.2 Å². The molecule has 2 saturated heterocycles. The number of aryl methyl sites for hydroxylation is 2. The van der Waals surface area contributed by atoms with Crippen molar-refractivity contribution in [2.45, 2.75) is 167 Å². The van der Waals surface area contributed by atoms with Crippen molar-refractivity contribution in [1.29, 1.82) is 0 Å². The smallest absolute Gasteiger partial charge is 0.408 e. The van der Waals surface area contributed by atoms with E-state index in [4.69, 9.17) is 34.7 Å². The maximum atomic E-state index is 14.0. The number of hydrogen-bond donors (Lipinski definition) is 4. The highest BCUT2D eigenvalue weighted by molar-refractivity contribution is 5.87. The second-order valence-corrected chi connectivity index (χ2v) is 21.7. The van der Waals surface area contributed by atoms with Gasteiger partial charge in [-0.05, 0) is 143 Å². The number of benzene rings is 2. The van der Waals surface area contributed by atoms with Crippen LogP contribution in [0.2, 0.25) is 0 Å². The van der Waals surface area contributed by atoms with Gasteiger partial charge < -0.3 is 35.4 Å². The Kier molecular flexibility index (Phi) is 17.7.